The fourth-order valence-electron chi connectivity index (χ4n) is 3.31. The van der Waals surface area contributed by atoms with Gasteiger partial charge in [-0.3, -0.25) is 4.79 Å². The number of amides is 1. The molecule has 0 radical (unpaired) electrons. The molecule has 0 atom stereocenters. The summed E-state index contributed by atoms with van der Waals surface area (Å²) in [6.45, 7) is -0.543. The monoisotopic (exact) mass is 494 g/mol. The smallest absolute Gasteiger partial charge is 0.367 e. The average Bonchev–Trinajstić information content (AvgIpc) is 2.75. The Labute approximate surface area is 187 Å². The number of benzene rings is 2. The van der Waals surface area contributed by atoms with Crippen LogP contribution in [0.15, 0.2) is 42.5 Å². The summed E-state index contributed by atoms with van der Waals surface area (Å²) in [5.74, 6) is 3.97. The highest BCUT2D eigenvalue weighted by Gasteiger charge is 2.39. The van der Waals surface area contributed by atoms with Gasteiger partial charge in [0.2, 0.25) is 0 Å². The molecule has 2 aromatic rings. The van der Waals surface area contributed by atoms with E-state index >= 15 is 0 Å². The van der Waals surface area contributed by atoms with Gasteiger partial charge in [0.15, 0.2) is 0 Å². The number of carbonyl (C=O) groups excluding carboxylic acids is 1. The molecule has 1 amide bonds. The lowest BCUT2D eigenvalue weighted by Crippen LogP contribution is -2.49. The SMILES string of the molecule is O=C(C#Cc1ccc(C(F)(F)F)cc1)N1CCN(c2cc(C(F)(F)F)ccc2C(F)(F)F)CC1. The van der Waals surface area contributed by atoms with E-state index in [1.54, 1.807) is 0 Å². The lowest BCUT2D eigenvalue weighted by atomic mass is 10.1. The first-order valence-electron chi connectivity index (χ1n) is 9.68. The predicted octanol–water partition coefficient (Wildman–Crippen LogP) is 5.44. The van der Waals surface area contributed by atoms with Gasteiger partial charge in [-0.1, -0.05) is 5.92 Å². The third kappa shape index (κ3) is 5.95. The molecular formula is C22H15F9N2O. The van der Waals surface area contributed by atoms with Gasteiger partial charge in [-0.05, 0) is 42.5 Å². The van der Waals surface area contributed by atoms with Gasteiger partial charge in [-0.15, -0.1) is 0 Å². The number of halogens is 9. The van der Waals surface area contributed by atoms with Crippen LogP contribution >= 0.6 is 0 Å². The minimum Gasteiger partial charge on any atom is -0.367 e. The van der Waals surface area contributed by atoms with Gasteiger partial charge < -0.3 is 9.80 Å². The molecule has 0 N–H and O–H groups in total. The standard InChI is InChI=1S/C22H15F9N2O/c23-20(24,25)15-4-1-14(2-5-15)3-8-19(34)33-11-9-32(10-12-33)18-13-16(21(26,27)28)6-7-17(18)22(29,30)31/h1-2,4-7,13H,9-12H2. The number of carbonyl (C=O) groups is 1. The number of anilines is 1. The maximum absolute atomic E-state index is 13.3. The molecule has 0 unspecified atom stereocenters. The van der Waals surface area contributed by atoms with Crippen molar-refractivity contribution in [2.24, 2.45) is 0 Å². The predicted molar refractivity (Wildman–Crippen MR) is 104 cm³/mol. The zero-order chi connectivity index (χ0) is 25.3. The zero-order valence-electron chi connectivity index (χ0n) is 17.1. The van der Waals surface area contributed by atoms with Crippen molar-refractivity contribution in [3.05, 3.63) is 64.7 Å². The van der Waals surface area contributed by atoms with Gasteiger partial charge in [0.25, 0.3) is 5.91 Å². The Morgan fingerprint density at radius 3 is 1.74 bits per heavy atom. The number of piperazine rings is 1. The van der Waals surface area contributed by atoms with E-state index in [4.69, 9.17) is 0 Å². The van der Waals surface area contributed by atoms with Crippen LogP contribution in [0.4, 0.5) is 45.2 Å². The summed E-state index contributed by atoms with van der Waals surface area (Å²) in [5, 5.41) is 0. The molecule has 0 saturated carbocycles. The van der Waals surface area contributed by atoms with E-state index in [0.29, 0.717) is 18.2 Å². The number of nitrogens with zero attached hydrogens (tertiary/aromatic N) is 2. The van der Waals surface area contributed by atoms with Crippen molar-refractivity contribution in [1.29, 1.82) is 0 Å². The largest absolute Gasteiger partial charge is 0.418 e. The fraction of sp³-hybridized carbons (Fsp3) is 0.318. The Kier molecular flexibility index (Phi) is 6.78. The Balaban J connectivity index is 1.71. The van der Waals surface area contributed by atoms with Crippen LogP contribution in [0.1, 0.15) is 22.3 Å². The van der Waals surface area contributed by atoms with Crippen molar-refractivity contribution in [2.45, 2.75) is 18.5 Å². The molecular weight excluding hydrogens is 479 g/mol. The molecule has 0 spiro atoms. The van der Waals surface area contributed by atoms with Crippen LogP contribution in [0.25, 0.3) is 0 Å². The Morgan fingerprint density at radius 2 is 1.24 bits per heavy atom. The third-order valence-corrected chi connectivity index (χ3v) is 5.06. The van der Waals surface area contributed by atoms with Crippen molar-refractivity contribution < 1.29 is 44.3 Å². The second kappa shape index (κ2) is 9.12. The van der Waals surface area contributed by atoms with Crippen LogP contribution in [0.5, 0.6) is 0 Å². The van der Waals surface area contributed by atoms with E-state index in [1.807, 2.05) is 0 Å². The number of rotatable bonds is 1. The van der Waals surface area contributed by atoms with E-state index in [1.165, 1.54) is 4.90 Å². The quantitative estimate of drug-likeness (QED) is 0.389. The van der Waals surface area contributed by atoms with Gasteiger partial charge in [0.1, 0.15) is 0 Å². The topological polar surface area (TPSA) is 23.6 Å². The summed E-state index contributed by atoms with van der Waals surface area (Å²) in [6, 6.07) is 4.97. The molecule has 0 aliphatic carbocycles. The molecule has 1 heterocycles. The molecule has 2 aromatic carbocycles. The van der Waals surface area contributed by atoms with Gasteiger partial charge >= 0.3 is 18.5 Å². The van der Waals surface area contributed by atoms with Crippen molar-refractivity contribution in [2.75, 3.05) is 31.1 Å². The maximum atomic E-state index is 13.3. The molecule has 1 fully saturated rings. The van der Waals surface area contributed by atoms with E-state index in [2.05, 4.69) is 11.8 Å². The maximum Gasteiger partial charge on any atom is 0.418 e. The van der Waals surface area contributed by atoms with Gasteiger partial charge in [0.05, 0.1) is 16.7 Å². The highest BCUT2D eigenvalue weighted by atomic mass is 19.4. The molecule has 0 bridgehead atoms. The molecule has 12 heteroatoms. The molecule has 3 rings (SSSR count). The zero-order valence-corrected chi connectivity index (χ0v) is 17.1. The van der Waals surface area contributed by atoms with Crippen molar-refractivity contribution in [1.82, 2.24) is 4.90 Å². The first-order valence-corrected chi connectivity index (χ1v) is 9.68. The Morgan fingerprint density at radius 1 is 0.706 bits per heavy atom. The van der Waals surface area contributed by atoms with Crippen LogP contribution in [0.2, 0.25) is 0 Å². The first kappa shape index (κ1) is 25.3. The second-order valence-corrected chi connectivity index (χ2v) is 7.33. The van der Waals surface area contributed by atoms with Gasteiger partial charge in [-0.25, -0.2) is 0 Å². The summed E-state index contributed by atoms with van der Waals surface area (Å²) in [7, 11) is 0. The summed E-state index contributed by atoms with van der Waals surface area (Å²) >= 11 is 0. The molecule has 0 aromatic heterocycles. The minimum absolute atomic E-state index is 0.103. The van der Waals surface area contributed by atoms with Crippen LogP contribution in [-0.2, 0) is 23.3 Å². The minimum atomic E-state index is -4.88. The number of hydrogen-bond donors (Lipinski definition) is 0. The van der Waals surface area contributed by atoms with E-state index in [9.17, 15) is 44.3 Å². The van der Waals surface area contributed by atoms with Crippen LogP contribution in [0.3, 0.4) is 0 Å². The third-order valence-electron chi connectivity index (χ3n) is 5.06. The summed E-state index contributed by atoms with van der Waals surface area (Å²) in [4.78, 5) is 14.6. The van der Waals surface area contributed by atoms with Crippen LogP contribution in [0, 0.1) is 11.8 Å². The van der Waals surface area contributed by atoms with Gasteiger partial charge in [-0.2, -0.15) is 39.5 Å². The van der Waals surface area contributed by atoms with E-state index < -0.39 is 46.8 Å². The normalized spacial score (nSPS) is 15.1. The molecule has 1 aliphatic rings. The van der Waals surface area contributed by atoms with Gasteiger partial charge in [0, 0.05) is 43.4 Å². The first-order chi connectivity index (χ1) is 15.7. The lowest BCUT2D eigenvalue weighted by molar-refractivity contribution is -0.141. The highest BCUT2D eigenvalue weighted by Crippen LogP contribution is 2.40. The second-order valence-electron chi connectivity index (χ2n) is 7.33. The van der Waals surface area contributed by atoms with Crippen molar-refractivity contribution in [3.63, 3.8) is 0 Å². The Hall–Kier alpha value is -3.36. The summed E-state index contributed by atoms with van der Waals surface area (Å²) in [6.07, 6.45) is -14.2. The Bertz CT molecular complexity index is 1100. The molecule has 34 heavy (non-hydrogen) atoms. The number of alkyl halides is 9. The highest BCUT2D eigenvalue weighted by molar-refractivity contribution is 5.94. The molecule has 3 nitrogen and oxygen atoms in total. The van der Waals surface area contributed by atoms with E-state index in [-0.39, 0.29) is 31.7 Å². The summed E-state index contributed by atoms with van der Waals surface area (Å²) in [5.41, 5.74) is -3.81. The molecule has 1 aliphatic heterocycles. The molecule has 1 saturated heterocycles. The summed E-state index contributed by atoms with van der Waals surface area (Å²) < 4.78 is 117. The fourth-order valence-corrected chi connectivity index (χ4v) is 3.31. The van der Waals surface area contributed by atoms with Crippen molar-refractivity contribution in [3.8, 4) is 11.8 Å². The average molecular weight is 494 g/mol. The molecule has 182 valence electrons. The van der Waals surface area contributed by atoms with Crippen LogP contribution < -0.4 is 4.90 Å². The number of hydrogen-bond acceptors (Lipinski definition) is 2. The van der Waals surface area contributed by atoms with Crippen LogP contribution in [-0.4, -0.2) is 37.0 Å². The van der Waals surface area contributed by atoms with E-state index in [0.717, 1.165) is 29.2 Å². The lowest BCUT2D eigenvalue weighted by Gasteiger charge is -2.36. The van der Waals surface area contributed by atoms with Crippen molar-refractivity contribution >= 4 is 11.6 Å².